The highest BCUT2D eigenvalue weighted by atomic mass is 32.2. The number of para-hydroxylation sites is 1. The van der Waals surface area contributed by atoms with E-state index in [0.29, 0.717) is 12.1 Å². The van der Waals surface area contributed by atoms with E-state index in [4.69, 9.17) is 4.98 Å². The van der Waals surface area contributed by atoms with Crippen LogP contribution in [0.5, 0.6) is 0 Å². The Bertz CT molecular complexity index is 935. The fourth-order valence-corrected chi connectivity index (χ4v) is 4.69. The van der Waals surface area contributed by atoms with Crippen molar-refractivity contribution < 1.29 is 4.79 Å². The summed E-state index contributed by atoms with van der Waals surface area (Å²) in [5.41, 5.74) is 2.94. The monoisotopic (exact) mass is 413 g/mol. The summed E-state index contributed by atoms with van der Waals surface area (Å²) in [5, 5.41) is 0.773. The Balaban J connectivity index is 1.95. The highest BCUT2D eigenvalue weighted by molar-refractivity contribution is 7.99. The SMILES string of the molecule is CCSc1ccc(C(=O)N(CCN(C)C)c2nc3c(CC)cccc3s2)cc1. The predicted molar refractivity (Wildman–Crippen MR) is 122 cm³/mol. The number of carbonyl (C=O) groups excluding carboxylic acids is 1. The highest BCUT2D eigenvalue weighted by Crippen LogP contribution is 2.32. The average Bonchev–Trinajstić information content (AvgIpc) is 3.12. The van der Waals surface area contributed by atoms with E-state index in [1.54, 1.807) is 23.1 Å². The minimum absolute atomic E-state index is 0.00648. The van der Waals surface area contributed by atoms with Gasteiger partial charge in [-0.3, -0.25) is 9.69 Å². The average molecular weight is 414 g/mol. The third-order valence-electron chi connectivity index (χ3n) is 4.53. The number of fused-ring (bicyclic) bond motifs is 1. The van der Waals surface area contributed by atoms with Crippen molar-refractivity contribution in [3.8, 4) is 0 Å². The number of aromatic nitrogens is 1. The Labute approximate surface area is 175 Å². The largest absolute Gasteiger partial charge is 0.308 e. The zero-order chi connectivity index (χ0) is 20.1. The van der Waals surface area contributed by atoms with Gasteiger partial charge in [-0.1, -0.05) is 37.3 Å². The van der Waals surface area contributed by atoms with Gasteiger partial charge in [-0.2, -0.15) is 0 Å². The number of nitrogens with zero attached hydrogens (tertiary/aromatic N) is 3. The van der Waals surface area contributed by atoms with Crippen LogP contribution in [-0.4, -0.2) is 48.7 Å². The zero-order valence-corrected chi connectivity index (χ0v) is 18.6. The number of hydrogen-bond acceptors (Lipinski definition) is 5. The maximum Gasteiger partial charge on any atom is 0.260 e. The standard InChI is InChI=1S/C22H27N3OS2/c1-5-16-8-7-9-19-20(16)23-22(28-19)25(15-14-24(3)4)21(26)17-10-12-18(13-11-17)27-6-2/h7-13H,5-6,14-15H2,1-4H3. The van der Waals surface area contributed by atoms with Gasteiger partial charge in [0, 0.05) is 23.5 Å². The number of thiazole rings is 1. The van der Waals surface area contributed by atoms with E-state index < -0.39 is 0 Å². The van der Waals surface area contributed by atoms with Gasteiger partial charge >= 0.3 is 0 Å². The van der Waals surface area contributed by atoms with Crippen LogP contribution in [0.15, 0.2) is 47.4 Å². The summed E-state index contributed by atoms with van der Waals surface area (Å²) in [6, 6.07) is 14.2. The number of anilines is 1. The predicted octanol–water partition coefficient (Wildman–Crippen LogP) is 5.18. The van der Waals surface area contributed by atoms with Crippen LogP contribution in [-0.2, 0) is 6.42 Å². The van der Waals surface area contributed by atoms with E-state index in [1.165, 1.54) is 10.5 Å². The molecule has 2 aromatic carbocycles. The van der Waals surface area contributed by atoms with Gasteiger partial charge in [0.05, 0.1) is 10.2 Å². The van der Waals surface area contributed by atoms with Crippen LogP contribution in [0.1, 0.15) is 29.8 Å². The van der Waals surface area contributed by atoms with Crippen molar-refractivity contribution in [1.29, 1.82) is 0 Å². The number of amides is 1. The van der Waals surface area contributed by atoms with Gasteiger partial charge in [0.1, 0.15) is 0 Å². The second kappa shape index (κ2) is 9.54. The number of thioether (sulfide) groups is 1. The third-order valence-corrected chi connectivity index (χ3v) is 6.47. The van der Waals surface area contributed by atoms with E-state index in [9.17, 15) is 4.79 Å². The molecular formula is C22H27N3OS2. The molecule has 28 heavy (non-hydrogen) atoms. The summed E-state index contributed by atoms with van der Waals surface area (Å²) < 4.78 is 1.13. The molecule has 0 aliphatic carbocycles. The van der Waals surface area contributed by atoms with Crippen LogP contribution in [0, 0.1) is 0 Å². The minimum Gasteiger partial charge on any atom is -0.308 e. The van der Waals surface area contributed by atoms with Crippen molar-refractivity contribution >= 4 is 44.4 Å². The lowest BCUT2D eigenvalue weighted by Crippen LogP contribution is -2.36. The van der Waals surface area contributed by atoms with Gasteiger partial charge in [-0.05, 0) is 62.2 Å². The molecule has 148 valence electrons. The van der Waals surface area contributed by atoms with Gasteiger partial charge in [-0.15, -0.1) is 11.8 Å². The quantitative estimate of drug-likeness (QED) is 0.477. The summed E-state index contributed by atoms with van der Waals surface area (Å²) in [5.74, 6) is 1.03. The van der Waals surface area contributed by atoms with Crippen LogP contribution >= 0.6 is 23.1 Å². The first-order valence-electron chi connectivity index (χ1n) is 9.61. The smallest absolute Gasteiger partial charge is 0.260 e. The zero-order valence-electron chi connectivity index (χ0n) is 16.9. The fraction of sp³-hybridized carbons (Fsp3) is 0.364. The number of aryl methyl sites for hydroxylation is 1. The molecule has 0 N–H and O–H groups in total. The van der Waals surface area contributed by atoms with E-state index in [2.05, 4.69) is 36.9 Å². The van der Waals surface area contributed by atoms with Crippen molar-refractivity contribution in [2.75, 3.05) is 37.8 Å². The van der Waals surface area contributed by atoms with Gasteiger partial charge in [0.2, 0.25) is 0 Å². The van der Waals surface area contributed by atoms with Crippen molar-refractivity contribution in [3.05, 3.63) is 53.6 Å². The second-order valence-electron chi connectivity index (χ2n) is 6.83. The molecule has 3 rings (SSSR count). The van der Waals surface area contributed by atoms with Gasteiger partial charge in [0.25, 0.3) is 5.91 Å². The fourth-order valence-electron chi connectivity index (χ4n) is 2.99. The molecule has 1 aromatic heterocycles. The Morgan fingerprint density at radius 3 is 2.46 bits per heavy atom. The Morgan fingerprint density at radius 1 is 1.07 bits per heavy atom. The first kappa shape index (κ1) is 20.8. The maximum absolute atomic E-state index is 13.3. The molecule has 0 saturated heterocycles. The van der Waals surface area contributed by atoms with Crippen LogP contribution < -0.4 is 4.90 Å². The molecule has 0 aliphatic rings. The molecule has 1 heterocycles. The van der Waals surface area contributed by atoms with Gasteiger partial charge < -0.3 is 4.90 Å². The third kappa shape index (κ3) is 4.74. The minimum atomic E-state index is 0.00648. The summed E-state index contributed by atoms with van der Waals surface area (Å²) in [7, 11) is 4.04. The van der Waals surface area contributed by atoms with E-state index in [-0.39, 0.29) is 5.91 Å². The molecule has 0 unspecified atom stereocenters. The topological polar surface area (TPSA) is 36.4 Å². The van der Waals surface area contributed by atoms with Gasteiger partial charge in [-0.25, -0.2) is 4.98 Å². The lowest BCUT2D eigenvalue weighted by atomic mass is 10.1. The molecule has 0 aliphatic heterocycles. The highest BCUT2D eigenvalue weighted by Gasteiger charge is 2.22. The molecule has 0 saturated carbocycles. The Hall–Kier alpha value is -1.89. The molecular weight excluding hydrogens is 386 g/mol. The van der Waals surface area contributed by atoms with E-state index in [0.717, 1.165) is 34.1 Å². The van der Waals surface area contributed by atoms with Crippen molar-refractivity contribution in [3.63, 3.8) is 0 Å². The summed E-state index contributed by atoms with van der Waals surface area (Å²) in [6.07, 6.45) is 0.933. The van der Waals surface area contributed by atoms with E-state index >= 15 is 0 Å². The molecule has 0 fully saturated rings. The number of carbonyl (C=O) groups is 1. The van der Waals surface area contributed by atoms with Crippen LogP contribution in [0.2, 0.25) is 0 Å². The number of benzene rings is 2. The van der Waals surface area contributed by atoms with Crippen molar-refractivity contribution in [2.24, 2.45) is 0 Å². The maximum atomic E-state index is 13.3. The summed E-state index contributed by atoms with van der Waals surface area (Å²) in [6.45, 7) is 5.66. The summed E-state index contributed by atoms with van der Waals surface area (Å²) in [4.78, 5) is 23.3. The molecule has 0 bridgehead atoms. The lowest BCUT2D eigenvalue weighted by Gasteiger charge is -2.22. The first-order chi connectivity index (χ1) is 13.5. The molecule has 0 radical (unpaired) electrons. The molecule has 6 heteroatoms. The Morgan fingerprint density at radius 2 is 1.82 bits per heavy atom. The van der Waals surface area contributed by atoms with E-state index in [1.807, 2.05) is 43.3 Å². The van der Waals surface area contributed by atoms with Crippen LogP contribution in [0.25, 0.3) is 10.2 Å². The van der Waals surface area contributed by atoms with Gasteiger partial charge in [0.15, 0.2) is 5.13 Å². The summed E-state index contributed by atoms with van der Waals surface area (Å²) >= 11 is 3.37. The lowest BCUT2D eigenvalue weighted by molar-refractivity contribution is 0.0985. The molecule has 4 nitrogen and oxygen atoms in total. The molecule has 0 atom stereocenters. The number of likely N-dealkylation sites (N-methyl/N-ethyl adjacent to an activating group) is 1. The normalized spacial score (nSPS) is 11.3. The molecule has 1 amide bonds. The Kier molecular flexibility index (Phi) is 7.10. The van der Waals surface area contributed by atoms with Crippen LogP contribution in [0.3, 0.4) is 0 Å². The molecule has 3 aromatic rings. The molecule has 0 spiro atoms. The number of hydrogen-bond donors (Lipinski definition) is 0. The van der Waals surface area contributed by atoms with Crippen LogP contribution in [0.4, 0.5) is 5.13 Å². The number of rotatable bonds is 8. The second-order valence-corrected chi connectivity index (χ2v) is 9.18. The first-order valence-corrected chi connectivity index (χ1v) is 11.4. The van der Waals surface area contributed by atoms with Crippen molar-refractivity contribution in [2.45, 2.75) is 25.2 Å². The van der Waals surface area contributed by atoms with Crippen molar-refractivity contribution in [1.82, 2.24) is 9.88 Å².